The fourth-order valence-electron chi connectivity index (χ4n) is 4.14. The SMILES string of the molecule is O=C(O)C1Cc2cccc(S(=O)N3CCN(c4cccc(OCC(F)(F)F)c4)CC3)c2C1. The van der Waals surface area contributed by atoms with Crippen molar-refractivity contribution < 1.29 is 32.0 Å². The van der Waals surface area contributed by atoms with Crippen molar-refractivity contribution in [1.29, 1.82) is 0 Å². The first-order chi connectivity index (χ1) is 15.2. The summed E-state index contributed by atoms with van der Waals surface area (Å²) in [5.74, 6) is -1.17. The number of alkyl halides is 3. The predicted octanol–water partition coefficient (Wildman–Crippen LogP) is 3.27. The van der Waals surface area contributed by atoms with Gasteiger partial charge in [0.2, 0.25) is 0 Å². The number of aliphatic carboxylic acids is 1. The van der Waals surface area contributed by atoms with Gasteiger partial charge in [-0.15, -0.1) is 0 Å². The third-order valence-corrected chi connectivity index (χ3v) is 7.34. The number of carboxylic acids is 1. The van der Waals surface area contributed by atoms with Crippen LogP contribution < -0.4 is 9.64 Å². The number of hydrogen-bond donors (Lipinski definition) is 1. The monoisotopic (exact) mass is 468 g/mol. The Morgan fingerprint density at radius 3 is 2.50 bits per heavy atom. The Labute approximate surface area is 186 Å². The third kappa shape index (κ3) is 5.07. The van der Waals surface area contributed by atoms with E-state index in [1.165, 1.54) is 6.07 Å². The Hall–Kier alpha value is -2.59. The zero-order valence-corrected chi connectivity index (χ0v) is 18.0. The minimum absolute atomic E-state index is 0.152. The lowest BCUT2D eigenvalue weighted by molar-refractivity contribution is -0.153. The maximum atomic E-state index is 13.3. The minimum atomic E-state index is -4.40. The van der Waals surface area contributed by atoms with Crippen LogP contribution in [0.4, 0.5) is 18.9 Å². The van der Waals surface area contributed by atoms with Crippen LogP contribution in [0.15, 0.2) is 47.4 Å². The molecular weight excluding hydrogens is 445 g/mol. The van der Waals surface area contributed by atoms with E-state index in [0.29, 0.717) is 43.9 Å². The van der Waals surface area contributed by atoms with Crippen molar-refractivity contribution in [2.75, 3.05) is 37.7 Å². The molecule has 1 aliphatic carbocycles. The summed E-state index contributed by atoms with van der Waals surface area (Å²) in [7, 11) is -1.40. The number of nitrogens with zero attached hydrogens (tertiary/aromatic N) is 2. The van der Waals surface area contributed by atoms with Gasteiger partial charge in [0, 0.05) is 37.9 Å². The van der Waals surface area contributed by atoms with E-state index in [4.69, 9.17) is 4.74 Å². The molecule has 0 radical (unpaired) electrons. The molecule has 0 aromatic heterocycles. The van der Waals surface area contributed by atoms with E-state index >= 15 is 0 Å². The van der Waals surface area contributed by atoms with E-state index in [2.05, 4.69) is 0 Å². The summed E-state index contributed by atoms with van der Waals surface area (Å²) in [6.07, 6.45) is -3.55. The van der Waals surface area contributed by atoms with Crippen molar-refractivity contribution in [2.45, 2.75) is 23.9 Å². The fraction of sp³-hybridized carbons (Fsp3) is 0.409. The number of halogens is 3. The zero-order chi connectivity index (χ0) is 22.9. The smallest absolute Gasteiger partial charge is 0.422 e. The van der Waals surface area contributed by atoms with Gasteiger partial charge in [0.15, 0.2) is 6.61 Å². The van der Waals surface area contributed by atoms with Gasteiger partial charge in [-0.1, -0.05) is 18.2 Å². The molecule has 2 aromatic rings. The first-order valence-corrected chi connectivity index (χ1v) is 11.4. The molecule has 1 aliphatic heterocycles. The van der Waals surface area contributed by atoms with Crippen LogP contribution in [0.3, 0.4) is 0 Å². The second kappa shape index (κ2) is 9.11. The van der Waals surface area contributed by atoms with E-state index < -0.39 is 35.7 Å². The van der Waals surface area contributed by atoms with E-state index in [1.54, 1.807) is 18.2 Å². The Kier molecular flexibility index (Phi) is 6.43. The average Bonchev–Trinajstić information content (AvgIpc) is 3.22. The van der Waals surface area contributed by atoms with Crippen molar-refractivity contribution >= 4 is 22.6 Å². The Morgan fingerprint density at radius 1 is 1.09 bits per heavy atom. The molecule has 32 heavy (non-hydrogen) atoms. The van der Waals surface area contributed by atoms with Crippen LogP contribution in [0.2, 0.25) is 0 Å². The highest BCUT2D eigenvalue weighted by Crippen LogP contribution is 2.32. The number of rotatable bonds is 6. The summed E-state index contributed by atoms with van der Waals surface area (Å²) in [6.45, 7) is 0.786. The molecule has 1 heterocycles. The van der Waals surface area contributed by atoms with Crippen molar-refractivity contribution in [1.82, 2.24) is 4.31 Å². The van der Waals surface area contributed by atoms with Gasteiger partial charge in [0.1, 0.15) is 16.7 Å². The van der Waals surface area contributed by atoms with Crippen molar-refractivity contribution in [3.8, 4) is 5.75 Å². The second-order valence-corrected chi connectivity index (χ2v) is 9.36. The van der Waals surface area contributed by atoms with Gasteiger partial charge in [0.05, 0.1) is 10.8 Å². The number of anilines is 1. The molecule has 0 spiro atoms. The summed E-state index contributed by atoms with van der Waals surface area (Å²) in [4.78, 5) is 14.1. The molecule has 0 bridgehead atoms. The number of carboxylic acid groups (broad SMARTS) is 1. The quantitative estimate of drug-likeness (QED) is 0.705. The lowest BCUT2D eigenvalue weighted by Gasteiger charge is -2.35. The molecule has 2 aliphatic rings. The van der Waals surface area contributed by atoms with Crippen LogP contribution in [0.1, 0.15) is 11.1 Å². The number of fused-ring (bicyclic) bond motifs is 1. The zero-order valence-electron chi connectivity index (χ0n) is 17.2. The summed E-state index contributed by atoms with van der Waals surface area (Å²) >= 11 is 0. The van der Waals surface area contributed by atoms with Crippen LogP contribution in [0.25, 0.3) is 0 Å². The third-order valence-electron chi connectivity index (χ3n) is 5.74. The van der Waals surface area contributed by atoms with E-state index in [-0.39, 0.29) is 5.75 Å². The van der Waals surface area contributed by atoms with Gasteiger partial charge in [-0.25, -0.2) is 8.51 Å². The summed E-state index contributed by atoms with van der Waals surface area (Å²) in [5, 5.41) is 9.34. The highest BCUT2D eigenvalue weighted by atomic mass is 32.2. The largest absolute Gasteiger partial charge is 0.484 e. The average molecular weight is 468 g/mol. The minimum Gasteiger partial charge on any atom is -0.484 e. The van der Waals surface area contributed by atoms with Crippen LogP contribution in [0, 0.1) is 5.92 Å². The highest BCUT2D eigenvalue weighted by molar-refractivity contribution is 7.82. The first kappa shape index (κ1) is 22.6. The molecule has 172 valence electrons. The van der Waals surface area contributed by atoms with Crippen LogP contribution in [-0.2, 0) is 28.6 Å². The summed E-state index contributed by atoms with van der Waals surface area (Å²) in [5.41, 5.74) is 2.56. The fourth-order valence-corrected chi connectivity index (χ4v) is 5.54. The molecule has 0 saturated carbocycles. The molecule has 0 amide bonds. The molecule has 2 atom stereocenters. The van der Waals surface area contributed by atoms with Gasteiger partial charge in [-0.2, -0.15) is 13.2 Å². The molecule has 2 aromatic carbocycles. The molecule has 4 rings (SSSR count). The standard InChI is InChI=1S/C22H23F3N2O4S/c23-22(24,25)14-31-18-5-2-4-17(13-18)26-7-9-27(10-8-26)32(30)20-6-1-3-15-11-16(21(28)29)12-19(15)20/h1-6,13,16H,7-12,14H2,(H,28,29). The Bertz CT molecular complexity index is 1020. The van der Waals surface area contributed by atoms with Gasteiger partial charge in [0.25, 0.3) is 0 Å². The van der Waals surface area contributed by atoms with E-state index in [0.717, 1.165) is 16.8 Å². The number of carbonyl (C=O) groups is 1. The molecule has 1 fully saturated rings. The van der Waals surface area contributed by atoms with Crippen LogP contribution in [-0.4, -0.2) is 58.6 Å². The molecule has 1 N–H and O–H groups in total. The molecule has 6 nitrogen and oxygen atoms in total. The molecule has 2 unspecified atom stereocenters. The lowest BCUT2D eigenvalue weighted by Crippen LogP contribution is -2.47. The van der Waals surface area contributed by atoms with Crippen molar-refractivity contribution in [3.63, 3.8) is 0 Å². The number of hydrogen-bond acceptors (Lipinski definition) is 4. The second-order valence-electron chi connectivity index (χ2n) is 7.90. The first-order valence-electron chi connectivity index (χ1n) is 10.3. The Morgan fingerprint density at radius 2 is 1.81 bits per heavy atom. The van der Waals surface area contributed by atoms with E-state index in [9.17, 15) is 27.3 Å². The number of piperazine rings is 1. The summed E-state index contributed by atoms with van der Waals surface area (Å²) in [6, 6.07) is 12.0. The maximum Gasteiger partial charge on any atom is 0.422 e. The normalized spacial score (nSPS) is 20.1. The van der Waals surface area contributed by atoms with Crippen molar-refractivity contribution in [3.05, 3.63) is 53.6 Å². The van der Waals surface area contributed by atoms with Crippen LogP contribution in [0.5, 0.6) is 5.75 Å². The van der Waals surface area contributed by atoms with Gasteiger partial charge < -0.3 is 14.7 Å². The highest BCUT2D eigenvalue weighted by Gasteiger charge is 2.32. The molecular formula is C22H23F3N2O4S. The molecule has 10 heteroatoms. The number of ether oxygens (including phenoxy) is 1. The number of benzene rings is 2. The van der Waals surface area contributed by atoms with E-state index in [1.807, 2.05) is 27.4 Å². The Balaban J connectivity index is 1.40. The van der Waals surface area contributed by atoms with Crippen LogP contribution >= 0.6 is 0 Å². The lowest BCUT2D eigenvalue weighted by atomic mass is 10.1. The van der Waals surface area contributed by atoms with Crippen molar-refractivity contribution in [2.24, 2.45) is 5.92 Å². The predicted molar refractivity (Wildman–Crippen MR) is 113 cm³/mol. The summed E-state index contributed by atoms with van der Waals surface area (Å²) < 4.78 is 57.1. The van der Waals surface area contributed by atoms with Gasteiger partial charge >= 0.3 is 12.1 Å². The maximum absolute atomic E-state index is 13.3. The molecule has 1 saturated heterocycles. The van der Waals surface area contributed by atoms with Gasteiger partial charge in [-0.05, 0) is 42.2 Å². The van der Waals surface area contributed by atoms with Gasteiger partial charge in [-0.3, -0.25) is 4.79 Å². The topological polar surface area (TPSA) is 70.1 Å².